The molecule has 1 N–H and O–H groups in total. The van der Waals surface area contributed by atoms with E-state index in [0.29, 0.717) is 6.04 Å². The van der Waals surface area contributed by atoms with Crippen molar-refractivity contribution in [3.05, 3.63) is 16.6 Å². The first-order chi connectivity index (χ1) is 7.76. The minimum atomic E-state index is 0.621. The molecule has 3 heteroatoms. The first kappa shape index (κ1) is 13.7. The molecule has 0 amide bonds. The van der Waals surface area contributed by atoms with E-state index in [-0.39, 0.29) is 0 Å². The van der Waals surface area contributed by atoms with Gasteiger partial charge >= 0.3 is 0 Å². The summed E-state index contributed by atoms with van der Waals surface area (Å²) in [5.74, 6) is 0.808. The van der Waals surface area contributed by atoms with Gasteiger partial charge in [-0.2, -0.15) is 0 Å². The summed E-state index contributed by atoms with van der Waals surface area (Å²) in [5.41, 5.74) is 1.93. The molecule has 1 rings (SSSR count). The molecule has 0 radical (unpaired) electrons. The average Bonchev–Trinajstić information content (AvgIpc) is 2.78. The lowest BCUT2D eigenvalue weighted by Gasteiger charge is -2.21. The van der Waals surface area contributed by atoms with E-state index < -0.39 is 0 Å². The van der Waals surface area contributed by atoms with E-state index in [9.17, 15) is 0 Å². The molecular weight excluding hydrogens is 216 g/mol. The summed E-state index contributed by atoms with van der Waals surface area (Å²) in [6.07, 6.45) is 6.89. The molecule has 2 nitrogen and oxygen atoms in total. The van der Waals surface area contributed by atoms with E-state index in [1.807, 2.05) is 11.7 Å². The van der Waals surface area contributed by atoms with E-state index in [1.54, 1.807) is 11.3 Å². The summed E-state index contributed by atoms with van der Waals surface area (Å²) in [4.78, 5) is 5.55. The number of nitrogens with one attached hydrogen (secondary N) is 1. The number of rotatable bonds is 8. The van der Waals surface area contributed by atoms with Gasteiger partial charge in [0.15, 0.2) is 0 Å². The van der Waals surface area contributed by atoms with E-state index in [1.165, 1.54) is 24.1 Å². The van der Waals surface area contributed by atoms with E-state index in [2.05, 4.69) is 31.1 Å². The quantitative estimate of drug-likeness (QED) is 0.752. The fourth-order valence-electron chi connectivity index (χ4n) is 1.83. The van der Waals surface area contributed by atoms with Crippen LogP contribution in [-0.4, -0.2) is 17.6 Å². The molecule has 16 heavy (non-hydrogen) atoms. The van der Waals surface area contributed by atoms with Crippen LogP contribution in [0.5, 0.6) is 0 Å². The van der Waals surface area contributed by atoms with Gasteiger partial charge in [0.1, 0.15) is 0 Å². The first-order valence-corrected chi connectivity index (χ1v) is 7.24. The third-order valence-electron chi connectivity index (χ3n) is 3.00. The molecule has 0 fully saturated rings. The summed E-state index contributed by atoms with van der Waals surface area (Å²) in [7, 11) is 0. The molecular formula is C13H24N2S. The molecule has 1 aromatic rings. The summed E-state index contributed by atoms with van der Waals surface area (Å²) in [5, 5.41) is 3.65. The Morgan fingerprint density at radius 2 is 2.25 bits per heavy atom. The normalized spacial score (nSPS) is 14.9. The fraction of sp³-hybridized carbons (Fsp3) is 0.769. The Hall–Kier alpha value is -0.410. The Kier molecular flexibility index (Phi) is 6.65. The third-order valence-corrected chi connectivity index (χ3v) is 3.80. The molecule has 0 aliphatic carbocycles. The number of hydrogen-bond donors (Lipinski definition) is 1. The van der Waals surface area contributed by atoms with Crippen LogP contribution >= 0.6 is 11.3 Å². The molecule has 0 aromatic carbocycles. The van der Waals surface area contributed by atoms with Gasteiger partial charge in [-0.05, 0) is 31.7 Å². The zero-order valence-electron chi connectivity index (χ0n) is 10.7. The Morgan fingerprint density at radius 3 is 2.81 bits per heavy atom. The molecule has 1 heterocycles. The molecule has 0 aliphatic rings. The van der Waals surface area contributed by atoms with Crippen molar-refractivity contribution in [2.24, 2.45) is 5.92 Å². The fourth-order valence-corrected chi connectivity index (χ4v) is 2.50. The van der Waals surface area contributed by atoms with Gasteiger partial charge in [0.2, 0.25) is 0 Å². The maximum atomic E-state index is 4.15. The summed E-state index contributed by atoms with van der Waals surface area (Å²) >= 11 is 1.77. The number of aromatic nitrogens is 1. The van der Waals surface area contributed by atoms with Gasteiger partial charge in [0, 0.05) is 17.1 Å². The van der Waals surface area contributed by atoms with Crippen molar-refractivity contribution in [2.45, 2.75) is 52.5 Å². The second kappa shape index (κ2) is 7.80. The Balaban J connectivity index is 2.43. The van der Waals surface area contributed by atoms with E-state index >= 15 is 0 Å². The van der Waals surface area contributed by atoms with E-state index in [4.69, 9.17) is 0 Å². The second-order valence-corrected chi connectivity index (χ2v) is 5.54. The van der Waals surface area contributed by atoms with Crippen LogP contribution in [0.2, 0.25) is 0 Å². The van der Waals surface area contributed by atoms with Crippen LogP contribution in [0.4, 0.5) is 0 Å². The highest BCUT2D eigenvalue weighted by molar-refractivity contribution is 7.09. The van der Waals surface area contributed by atoms with Gasteiger partial charge in [-0.1, -0.05) is 27.2 Å². The summed E-state index contributed by atoms with van der Waals surface area (Å²) in [6.45, 7) is 7.96. The van der Waals surface area contributed by atoms with Crippen LogP contribution in [0.25, 0.3) is 0 Å². The highest BCUT2D eigenvalue weighted by atomic mass is 32.1. The highest BCUT2D eigenvalue weighted by Crippen LogP contribution is 2.16. The first-order valence-electron chi connectivity index (χ1n) is 6.37. The monoisotopic (exact) mass is 240 g/mol. The lowest BCUT2D eigenvalue weighted by molar-refractivity contribution is 0.393. The molecule has 0 saturated carbocycles. The average molecular weight is 240 g/mol. The molecule has 2 unspecified atom stereocenters. The highest BCUT2D eigenvalue weighted by Gasteiger charge is 2.12. The second-order valence-electron chi connectivity index (χ2n) is 4.57. The lowest BCUT2D eigenvalue weighted by Crippen LogP contribution is -2.33. The maximum absolute atomic E-state index is 4.15. The zero-order chi connectivity index (χ0) is 11.8. The van der Waals surface area contributed by atoms with Crippen LogP contribution in [0.1, 0.15) is 44.9 Å². The number of nitrogens with zero attached hydrogens (tertiary/aromatic N) is 1. The smallest absolute Gasteiger partial charge is 0.0794 e. The molecule has 2 atom stereocenters. The summed E-state index contributed by atoms with van der Waals surface area (Å²) < 4.78 is 0. The van der Waals surface area contributed by atoms with Crippen molar-refractivity contribution >= 4 is 11.3 Å². The van der Waals surface area contributed by atoms with Crippen LogP contribution in [0.15, 0.2) is 11.7 Å². The van der Waals surface area contributed by atoms with Gasteiger partial charge in [-0.3, -0.25) is 4.98 Å². The Bertz CT molecular complexity index is 259. The molecule has 0 saturated heterocycles. The van der Waals surface area contributed by atoms with Crippen molar-refractivity contribution in [3.8, 4) is 0 Å². The standard InChI is InChI=1S/C13H24N2S/c1-4-6-15-12(7-11(3)5-2)8-13-9-14-10-16-13/h9-12,15H,4-8H2,1-3H3. The Labute approximate surface area is 103 Å². The molecule has 0 aliphatic heterocycles. The van der Waals surface area contributed by atoms with Crippen molar-refractivity contribution in [1.29, 1.82) is 0 Å². The minimum absolute atomic E-state index is 0.621. The molecule has 0 bridgehead atoms. The van der Waals surface area contributed by atoms with Gasteiger partial charge in [-0.15, -0.1) is 11.3 Å². The minimum Gasteiger partial charge on any atom is -0.314 e. The molecule has 1 aromatic heterocycles. The van der Waals surface area contributed by atoms with Crippen molar-refractivity contribution in [2.75, 3.05) is 6.54 Å². The van der Waals surface area contributed by atoms with Crippen LogP contribution in [0, 0.1) is 5.92 Å². The third kappa shape index (κ3) is 5.08. The van der Waals surface area contributed by atoms with Crippen LogP contribution < -0.4 is 5.32 Å². The van der Waals surface area contributed by atoms with Crippen molar-refractivity contribution in [1.82, 2.24) is 10.3 Å². The molecule has 92 valence electrons. The van der Waals surface area contributed by atoms with Crippen LogP contribution in [0.3, 0.4) is 0 Å². The predicted molar refractivity (Wildman–Crippen MR) is 72.0 cm³/mol. The summed E-state index contributed by atoms with van der Waals surface area (Å²) in [6, 6.07) is 0.621. The van der Waals surface area contributed by atoms with E-state index in [0.717, 1.165) is 18.9 Å². The number of thiazole rings is 1. The van der Waals surface area contributed by atoms with Gasteiger partial charge < -0.3 is 5.32 Å². The number of hydrogen-bond acceptors (Lipinski definition) is 3. The van der Waals surface area contributed by atoms with Gasteiger partial charge in [0.05, 0.1) is 5.51 Å². The Morgan fingerprint density at radius 1 is 1.44 bits per heavy atom. The van der Waals surface area contributed by atoms with Crippen LogP contribution in [-0.2, 0) is 6.42 Å². The van der Waals surface area contributed by atoms with Crippen molar-refractivity contribution < 1.29 is 0 Å². The predicted octanol–water partition coefficient (Wildman–Crippen LogP) is 3.49. The largest absolute Gasteiger partial charge is 0.314 e. The SMILES string of the molecule is CCCNC(Cc1cncs1)CC(C)CC. The maximum Gasteiger partial charge on any atom is 0.0794 e. The molecule has 0 spiro atoms. The van der Waals surface area contributed by atoms with Gasteiger partial charge in [0.25, 0.3) is 0 Å². The topological polar surface area (TPSA) is 24.9 Å². The van der Waals surface area contributed by atoms with Crippen molar-refractivity contribution in [3.63, 3.8) is 0 Å². The zero-order valence-corrected chi connectivity index (χ0v) is 11.5. The lowest BCUT2D eigenvalue weighted by atomic mass is 9.97. The van der Waals surface area contributed by atoms with Gasteiger partial charge in [-0.25, -0.2) is 0 Å².